The monoisotopic (exact) mass is 304 g/mol. The van der Waals surface area contributed by atoms with Gasteiger partial charge < -0.3 is 25.2 Å². The Kier molecular flexibility index (Phi) is 4.88. The summed E-state index contributed by atoms with van der Waals surface area (Å²) in [4.78, 5) is 15.1. The summed E-state index contributed by atoms with van der Waals surface area (Å²) >= 11 is 0. The van der Waals surface area contributed by atoms with Crippen molar-refractivity contribution >= 4 is 11.9 Å². The molecule has 4 N–H and O–H groups in total. The number of hydrogen-bond donors (Lipinski definition) is 3. The van der Waals surface area contributed by atoms with Crippen LogP contribution in [-0.2, 0) is 6.54 Å². The highest BCUT2D eigenvalue weighted by Gasteiger charge is 2.12. The molecule has 2 aromatic heterocycles. The number of carbonyl (C=O) groups is 1. The molecule has 0 spiro atoms. The van der Waals surface area contributed by atoms with Gasteiger partial charge >= 0.3 is 0 Å². The first-order valence-electron chi connectivity index (χ1n) is 6.91. The molecule has 0 aliphatic heterocycles. The minimum atomic E-state index is -0.587. The largest absolute Gasteiger partial charge is 0.464 e. The molecule has 0 bridgehead atoms. The van der Waals surface area contributed by atoms with Gasteiger partial charge in [0.05, 0.1) is 12.6 Å². The number of primary amides is 1. The molecule has 118 valence electrons. The summed E-state index contributed by atoms with van der Waals surface area (Å²) in [5.41, 5.74) is 5.14. The fourth-order valence-corrected chi connectivity index (χ4v) is 1.93. The lowest BCUT2D eigenvalue weighted by Crippen LogP contribution is -2.38. The lowest BCUT2D eigenvalue weighted by atomic mass is 10.2. The van der Waals surface area contributed by atoms with Crippen LogP contribution in [0.4, 0.5) is 0 Å². The van der Waals surface area contributed by atoms with Crippen LogP contribution >= 0.6 is 0 Å². The first-order valence-corrected chi connectivity index (χ1v) is 6.91. The Bertz CT molecular complexity index is 672. The summed E-state index contributed by atoms with van der Waals surface area (Å²) in [5.74, 6) is 2.43. The van der Waals surface area contributed by atoms with Gasteiger partial charge in [-0.15, -0.1) is 0 Å². The number of carbonyl (C=O) groups excluding carboxylic acids is 1. The van der Waals surface area contributed by atoms with Crippen LogP contribution in [0, 0.1) is 6.92 Å². The second kappa shape index (κ2) is 6.84. The Labute approximate surface area is 128 Å². The van der Waals surface area contributed by atoms with Gasteiger partial charge in [-0.25, -0.2) is 0 Å². The second-order valence-corrected chi connectivity index (χ2v) is 4.87. The molecule has 1 unspecified atom stereocenters. The molecular formula is C15H20N4O3. The highest BCUT2D eigenvalue weighted by molar-refractivity contribution is 5.89. The number of furan rings is 2. The van der Waals surface area contributed by atoms with Gasteiger partial charge in [0, 0.05) is 7.05 Å². The SMILES string of the molecule is CN=C(NCc1ccc(C(N)=O)o1)NC(C)c1ccc(C)o1. The molecule has 22 heavy (non-hydrogen) atoms. The van der Waals surface area contributed by atoms with Gasteiger partial charge in [0.15, 0.2) is 11.7 Å². The van der Waals surface area contributed by atoms with Gasteiger partial charge in [-0.1, -0.05) is 0 Å². The second-order valence-electron chi connectivity index (χ2n) is 4.87. The molecular weight excluding hydrogens is 284 g/mol. The van der Waals surface area contributed by atoms with Crippen molar-refractivity contribution in [3.8, 4) is 0 Å². The van der Waals surface area contributed by atoms with Crippen LogP contribution in [0.2, 0.25) is 0 Å². The van der Waals surface area contributed by atoms with Crippen molar-refractivity contribution in [2.45, 2.75) is 26.4 Å². The van der Waals surface area contributed by atoms with Crippen molar-refractivity contribution in [2.24, 2.45) is 10.7 Å². The smallest absolute Gasteiger partial charge is 0.284 e. The van der Waals surface area contributed by atoms with E-state index in [2.05, 4.69) is 15.6 Å². The molecule has 7 nitrogen and oxygen atoms in total. The van der Waals surface area contributed by atoms with Crippen molar-refractivity contribution in [3.05, 3.63) is 47.3 Å². The number of nitrogens with two attached hydrogens (primary N) is 1. The maximum Gasteiger partial charge on any atom is 0.284 e. The fraction of sp³-hybridized carbons (Fsp3) is 0.333. The van der Waals surface area contributed by atoms with Crippen molar-refractivity contribution in [3.63, 3.8) is 0 Å². The van der Waals surface area contributed by atoms with Crippen LogP contribution in [-0.4, -0.2) is 18.9 Å². The predicted molar refractivity (Wildman–Crippen MR) is 82.4 cm³/mol. The first kappa shape index (κ1) is 15.7. The molecule has 1 atom stereocenters. The summed E-state index contributed by atoms with van der Waals surface area (Å²) in [5, 5.41) is 6.30. The maximum atomic E-state index is 11.0. The van der Waals surface area contributed by atoms with E-state index in [-0.39, 0.29) is 11.8 Å². The van der Waals surface area contributed by atoms with Crippen LogP contribution in [0.25, 0.3) is 0 Å². The van der Waals surface area contributed by atoms with Crippen molar-refractivity contribution in [2.75, 3.05) is 7.05 Å². The van der Waals surface area contributed by atoms with Gasteiger partial charge in [0.25, 0.3) is 5.91 Å². The summed E-state index contributed by atoms with van der Waals surface area (Å²) in [6.07, 6.45) is 0. The molecule has 0 radical (unpaired) electrons. The number of nitrogens with one attached hydrogen (secondary N) is 2. The zero-order valence-corrected chi connectivity index (χ0v) is 12.8. The summed E-state index contributed by atoms with van der Waals surface area (Å²) < 4.78 is 10.9. The Morgan fingerprint density at radius 1 is 1.32 bits per heavy atom. The van der Waals surface area contributed by atoms with Crippen molar-refractivity contribution in [1.29, 1.82) is 0 Å². The Morgan fingerprint density at radius 2 is 2.09 bits per heavy atom. The third-order valence-corrected chi connectivity index (χ3v) is 3.10. The number of nitrogens with zero attached hydrogens (tertiary/aromatic N) is 1. The van der Waals surface area contributed by atoms with Crippen molar-refractivity contribution in [1.82, 2.24) is 10.6 Å². The minimum absolute atomic E-state index is 0.0299. The van der Waals surface area contributed by atoms with Gasteiger partial charge in [-0.3, -0.25) is 9.79 Å². The number of aryl methyl sites for hydroxylation is 1. The van der Waals surface area contributed by atoms with Gasteiger partial charge in [-0.2, -0.15) is 0 Å². The Balaban J connectivity index is 1.90. The average molecular weight is 304 g/mol. The van der Waals surface area contributed by atoms with E-state index in [1.807, 2.05) is 26.0 Å². The first-order chi connectivity index (χ1) is 10.5. The topological polar surface area (TPSA) is 106 Å². The minimum Gasteiger partial charge on any atom is -0.464 e. The molecule has 0 aliphatic carbocycles. The summed E-state index contributed by atoms with van der Waals surface area (Å²) in [6.45, 7) is 4.26. The maximum absolute atomic E-state index is 11.0. The molecule has 2 heterocycles. The van der Waals surface area contributed by atoms with Gasteiger partial charge in [-0.05, 0) is 38.1 Å². The highest BCUT2D eigenvalue weighted by Crippen LogP contribution is 2.15. The normalized spacial score (nSPS) is 13.0. The molecule has 7 heteroatoms. The molecule has 2 aromatic rings. The number of rotatable bonds is 5. The third-order valence-electron chi connectivity index (χ3n) is 3.10. The van der Waals surface area contributed by atoms with Crippen LogP contribution < -0.4 is 16.4 Å². The Hall–Kier alpha value is -2.70. The molecule has 0 aromatic carbocycles. The van der Waals surface area contributed by atoms with E-state index in [9.17, 15) is 4.79 Å². The van der Waals surface area contributed by atoms with E-state index in [0.29, 0.717) is 18.3 Å². The zero-order valence-electron chi connectivity index (χ0n) is 12.8. The molecule has 2 rings (SSSR count). The summed E-state index contributed by atoms with van der Waals surface area (Å²) in [7, 11) is 1.67. The van der Waals surface area contributed by atoms with Crippen molar-refractivity contribution < 1.29 is 13.6 Å². The lowest BCUT2D eigenvalue weighted by Gasteiger charge is -2.15. The molecule has 0 saturated carbocycles. The van der Waals surface area contributed by atoms with E-state index in [4.69, 9.17) is 14.6 Å². The highest BCUT2D eigenvalue weighted by atomic mass is 16.4. The van der Waals surface area contributed by atoms with E-state index < -0.39 is 5.91 Å². The number of aliphatic imine (C=N–C) groups is 1. The summed E-state index contributed by atoms with van der Waals surface area (Å²) in [6, 6.07) is 7.05. The predicted octanol–water partition coefficient (Wildman–Crippen LogP) is 1.71. The number of guanidine groups is 1. The molecule has 0 saturated heterocycles. The molecule has 0 fully saturated rings. The molecule has 1 amide bonds. The standard InChI is InChI=1S/C15H20N4O3/c1-9-4-6-12(21-9)10(2)19-15(17-3)18-8-11-5-7-13(22-11)14(16)20/h4-7,10H,8H2,1-3H3,(H2,16,20)(H2,17,18,19). The van der Waals surface area contributed by atoms with Gasteiger partial charge in [0.1, 0.15) is 17.3 Å². The van der Waals surface area contributed by atoms with Crippen LogP contribution in [0.1, 0.15) is 40.8 Å². The van der Waals surface area contributed by atoms with E-state index in [1.54, 1.807) is 19.2 Å². The molecule has 0 aliphatic rings. The third kappa shape index (κ3) is 3.91. The van der Waals surface area contributed by atoms with E-state index >= 15 is 0 Å². The fourth-order valence-electron chi connectivity index (χ4n) is 1.93. The van der Waals surface area contributed by atoms with Crippen LogP contribution in [0.3, 0.4) is 0 Å². The Morgan fingerprint density at radius 3 is 2.64 bits per heavy atom. The number of amides is 1. The van der Waals surface area contributed by atoms with E-state index in [1.165, 1.54) is 0 Å². The lowest BCUT2D eigenvalue weighted by molar-refractivity contribution is 0.0972. The zero-order chi connectivity index (χ0) is 16.1. The van der Waals surface area contributed by atoms with E-state index in [0.717, 1.165) is 11.5 Å². The number of hydrogen-bond acceptors (Lipinski definition) is 4. The van der Waals surface area contributed by atoms with Gasteiger partial charge in [0.2, 0.25) is 0 Å². The van der Waals surface area contributed by atoms with Crippen LogP contribution in [0.15, 0.2) is 38.1 Å². The quantitative estimate of drug-likeness (QED) is 0.576. The van der Waals surface area contributed by atoms with Crippen LogP contribution in [0.5, 0.6) is 0 Å². The average Bonchev–Trinajstić information content (AvgIpc) is 3.12.